The van der Waals surface area contributed by atoms with Gasteiger partial charge in [-0.25, -0.2) is 22.9 Å². The molecule has 2 amide bonds. The number of sulfonamides is 1. The SMILES string of the molecule is CNc1ncccc1S(=O)(=O)NCCNC(N)=O. The number of urea groups is 1. The molecule has 0 aliphatic heterocycles. The van der Waals surface area contributed by atoms with Gasteiger partial charge in [0.25, 0.3) is 0 Å². The van der Waals surface area contributed by atoms with Gasteiger partial charge in [0.1, 0.15) is 10.7 Å². The normalized spacial score (nSPS) is 10.9. The van der Waals surface area contributed by atoms with Crippen molar-refractivity contribution >= 4 is 21.9 Å². The average molecular weight is 273 g/mol. The predicted molar refractivity (Wildman–Crippen MR) is 66.6 cm³/mol. The van der Waals surface area contributed by atoms with Crippen molar-refractivity contribution < 1.29 is 13.2 Å². The summed E-state index contributed by atoms with van der Waals surface area (Å²) in [4.78, 5) is 14.4. The van der Waals surface area contributed by atoms with Crippen molar-refractivity contribution in [3.63, 3.8) is 0 Å². The fourth-order valence-electron chi connectivity index (χ4n) is 1.24. The summed E-state index contributed by atoms with van der Waals surface area (Å²) < 4.78 is 26.2. The van der Waals surface area contributed by atoms with Gasteiger partial charge in [-0.1, -0.05) is 0 Å². The predicted octanol–water partition coefficient (Wildman–Crippen LogP) is -0.930. The number of amides is 2. The van der Waals surface area contributed by atoms with E-state index in [1.54, 1.807) is 7.05 Å². The zero-order valence-electron chi connectivity index (χ0n) is 9.80. The third-order valence-corrected chi connectivity index (χ3v) is 3.51. The lowest BCUT2D eigenvalue weighted by Gasteiger charge is -2.10. The van der Waals surface area contributed by atoms with Gasteiger partial charge in [0.2, 0.25) is 10.0 Å². The van der Waals surface area contributed by atoms with Gasteiger partial charge in [-0.3, -0.25) is 0 Å². The van der Waals surface area contributed by atoms with E-state index >= 15 is 0 Å². The van der Waals surface area contributed by atoms with Crippen LogP contribution in [0.25, 0.3) is 0 Å². The minimum Gasteiger partial charge on any atom is -0.372 e. The molecule has 0 spiro atoms. The van der Waals surface area contributed by atoms with Gasteiger partial charge in [0.05, 0.1) is 0 Å². The van der Waals surface area contributed by atoms with Crippen molar-refractivity contribution in [1.29, 1.82) is 0 Å². The van der Waals surface area contributed by atoms with E-state index in [0.717, 1.165) is 0 Å². The maximum atomic E-state index is 11.9. The molecule has 18 heavy (non-hydrogen) atoms. The second-order valence-electron chi connectivity index (χ2n) is 3.29. The van der Waals surface area contributed by atoms with Crippen LogP contribution in [0.5, 0.6) is 0 Å². The molecule has 5 N–H and O–H groups in total. The molecular weight excluding hydrogens is 258 g/mol. The summed E-state index contributed by atoms with van der Waals surface area (Å²) in [6.45, 7) is 0.160. The molecule has 0 aliphatic carbocycles. The molecule has 1 aromatic heterocycles. The van der Waals surface area contributed by atoms with Crippen molar-refractivity contribution in [3.05, 3.63) is 18.3 Å². The minimum absolute atomic E-state index is 0.0450. The summed E-state index contributed by atoms with van der Waals surface area (Å²) in [6.07, 6.45) is 1.49. The number of hydrogen-bond acceptors (Lipinski definition) is 5. The van der Waals surface area contributed by atoms with Gasteiger partial charge in [-0.2, -0.15) is 0 Å². The van der Waals surface area contributed by atoms with Crippen LogP contribution in [0.4, 0.5) is 10.6 Å². The van der Waals surface area contributed by atoms with Gasteiger partial charge in [-0.05, 0) is 12.1 Å². The molecule has 0 saturated heterocycles. The smallest absolute Gasteiger partial charge is 0.312 e. The average Bonchev–Trinajstić information content (AvgIpc) is 2.34. The molecular formula is C9H15N5O3S. The van der Waals surface area contributed by atoms with Crippen molar-refractivity contribution in [2.24, 2.45) is 5.73 Å². The number of rotatable bonds is 6. The lowest BCUT2D eigenvalue weighted by molar-refractivity contribution is 0.249. The zero-order valence-corrected chi connectivity index (χ0v) is 10.6. The first-order valence-corrected chi connectivity index (χ1v) is 6.61. The fourth-order valence-corrected chi connectivity index (χ4v) is 2.44. The molecule has 0 aromatic carbocycles. The van der Waals surface area contributed by atoms with Gasteiger partial charge < -0.3 is 16.4 Å². The van der Waals surface area contributed by atoms with Crippen molar-refractivity contribution in [3.8, 4) is 0 Å². The summed E-state index contributed by atoms with van der Waals surface area (Å²) in [6, 6.07) is 2.26. The van der Waals surface area contributed by atoms with Crippen LogP contribution in [0.3, 0.4) is 0 Å². The fraction of sp³-hybridized carbons (Fsp3) is 0.333. The van der Waals surface area contributed by atoms with Crippen LogP contribution in [-0.4, -0.2) is 39.6 Å². The number of aromatic nitrogens is 1. The third kappa shape index (κ3) is 3.86. The topological polar surface area (TPSA) is 126 Å². The highest BCUT2D eigenvalue weighted by Gasteiger charge is 2.17. The van der Waals surface area contributed by atoms with E-state index in [9.17, 15) is 13.2 Å². The molecule has 0 bridgehead atoms. The van der Waals surface area contributed by atoms with Crippen LogP contribution < -0.4 is 21.1 Å². The first-order chi connectivity index (χ1) is 8.47. The van der Waals surface area contributed by atoms with E-state index < -0.39 is 16.1 Å². The van der Waals surface area contributed by atoms with Crippen LogP contribution in [0.2, 0.25) is 0 Å². The lowest BCUT2D eigenvalue weighted by Crippen LogP contribution is -2.37. The number of pyridine rings is 1. The molecule has 0 unspecified atom stereocenters. The Morgan fingerprint density at radius 3 is 2.78 bits per heavy atom. The summed E-state index contributed by atoms with van der Waals surface area (Å²) in [7, 11) is -2.09. The van der Waals surface area contributed by atoms with E-state index in [0.29, 0.717) is 0 Å². The molecule has 9 heteroatoms. The van der Waals surface area contributed by atoms with Crippen LogP contribution in [0.1, 0.15) is 0 Å². The zero-order chi connectivity index (χ0) is 13.6. The van der Waals surface area contributed by atoms with Crippen LogP contribution >= 0.6 is 0 Å². The third-order valence-electron chi connectivity index (χ3n) is 2.01. The van der Waals surface area contributed by atoms with Crippen molar-refractivity contribution in [2.75, 3.05) is 25.5 Å². The van der Waals surface area contributed by atoms with Gasteiger partial charge >= 0.3 is 6.03 Å². The maximum Gasteiger partial charge on any atom is 0.312 e. The Hall–Kier alpha value is -1.87. The highest BCUT2D eigenvalue weighted by molar-refractivity contribution is 7.89. The van der Waals surface area contributed by atoms with Crippen molar-refractivity contribution in [2.45, 2.75) is 4.90 Å². The molecule has 1 aromatic rings. The number of nitrogens with two attached hydrogens (primary N) is 1. The Kier molecular flexibility index (Phi) is 4.86. The summed E-state index contributed by atoms with van der Waals surface area (Å²) in [5.41, 5.74) is 4.85. The first kappa shape index (κ1) is 14.2. The molecule has 8 nitrogen and oxygen atoms in total. The first-order valence-electron chi connectivity index (χ1n) is 5.13. The van der Waals surface area contributed by atoms with Gasteiger partial charge in [0, 0.05) is 26.3 Å². The lowest BCUT2D eigenvalue weighted by atomic mass is 10.5. The number of primary amides is 1. The number of nitrogens with zero attached hydrogens (tertiary/aromatic N) is 1. The van der Waals surface area contributed by atoms with E-state index in [2.05, 4.69) is 20.3 Å². The Morgan fingerprint density at radius 2 is 2.17 bits per heavy atom. The van der Waals surface area contributed by atoms with Gasteiger partial charge in [0.15, 0.2) is 0 Å². The van der Waals surface area contributed by atoms with Crippen molar-refractivity contribution in [1.82, 2.24) is 15.0 Å². The highest BCUT2D eigenvalue weighted by Crippen LogP contribution is 2.16. The van der Waals surface area contributed by atoms with Crippen LogP contribution in [0.15, 0.2) is 23.2 Å². The van der Waals surface area contributed by atoms with E-state index in [1.807, 2.05) is 0 Å². The number of carbonyl (C=O) groups is 1. The number of anilines is 1. The second kappa shape index (κ2) is 6.17. The van der Waals surface area contributed by atoms with Crippen LogP contribution in [-0.2, 0) is 10.0 Å². The monoisotopic (exact) mass is 273 g/mol. The number of carbonyl (C=O) groups excluding carboxylic acids is 1. The second-order valence-corrected chi connectivity index (χ2v) is 5.02. The molecule has 0 fully saturated rings. The maximum absolute atomic E-state index is 11.9. The van der Waals surface area contributed by atoms with E-state index in [1.165, 1.54) is 18.3 Å². The molecule has 0 radical (unpaired) electrons. The molecule has 100 valence electrons. The van der Waals surface area contributed by atoms with E-state index in [4.69, 9.17) is 5.73 Å². The summed E-state index contributed by atoms with van der Waals surface area (Å²) in [5, 5.41) is 4.97. The van der Waals surface area contributed by atoms with E-state index in [-0.39, 0.29) is 23.8 Å². The molecule has 1 rings (SSSR count). The molecule has 1 heterocycles. The quantitative estimate of drug-likeness (QED) is 0.498. The van der Waals surface area contributed by atoms with Crippen LogP contribution in [0, 0.1) is 0 Å². The Bertz CT molecular complexity index is 517. The Balaban J connectivity index is 2.71. The molecule has 0 aliphatic rings. The van der Waals surface area contributed by atoms with Gasteiger partial charge in [-0.15, -0.1) is 0 Å². The summed E-state index contributed by atoms with van der Waals surface area (Å²) >= 11 is 0. The molecule has 0 saturated carbocycles. The summed E-state index contributed by atoms with van der Waals surface area (Å²) in [5.74, 6) is 0.257. The largest absolute Gasteiger partial charge is 0.372 e. The number of nitrogens with one attached hydrogen (secondary N) is 3. The number of hydrogen-bond donors (Lipinski definition) is 4. The minimum atomic E-state index is -3.67. The Morgan fingerprint density at radius 1 is 1.44 bits per heavy atom. The Labute approximate surface area is 105 Å². The highest BCUT2D eigenvalue weighted by atomic mass is 32.2. The molecule has 0 atom stereocenters. The standard InChI is InChI=1S/C9H15N5O3S/c1-11-8-7(3-2-4-12-8)18(16,17)14-6-5-13-9(10)15/h2-4,14H,5-6H2,1H3,(H,11,12)(H3,10,13,15).